The monoisotopic (exact) mass is 325 g/mol. The molecule has 1 fully saturated rings. The van der Waals surface area contributed by atoms with Crippen LogP contribution in [0, 0.1) is 5.92 Å². The van der Waals surface area contributed by atoms with Crippen LogP contribution >= 0.6 is 15.9 Å². The predicted octanol–water partition coefficient (Wildman–Crippen LogP) is 1.62. The highest BCUT2D eigenvalue weighted by Crippen LogP contribution is 2.24. The maximum absolute atomic E-state index is 12.0. The number of nitrogens with zero attached hydrogens (tertiary/aromatic N) is 1. The van der Waals surface area contributed by atoms with Gasteiger partial charge in [0.25, 0.3) is 5.91 Å². The van der Waals surface area contributed by atoms with Gasteiger partial charge >= 0.3 is 0 Å². The molecule has 1 aromatic heterocycles. The smallest absolute Gasteiger partial charge is 0.253 e. The largest absolute Gasteiger partial charge is 0.369 e. The number of hydrogen-bond acceptors (Lipinski definition) is 3. The van der Waals surface area contributed by atoms with Gasteiger partial charge in [-0.05, 0) is 47.7 Å². The molecule has 19 heavy (non-hydrogen) atoms. The summed E-state index contributed by atoms with van der Waals surface area (Å²) < 4.78 is 0.776. The van der Waals surface area contributed by atoms with E-state index in [1.807, 2.05) is 0 Å². The van der Waals surface area contributed by atoms with Gasteiger partial charge in [0.1, 0.15) is 0 Å². The highest BCUT2D eigenvalue weighted by molar-refractivity contribution is 9.10. The summed E-state index contributed by atoms with van der Waals surface area (Å²) in [5.41, 5.74) is 5.82. The SMILES string of the molecule is NC(=O)C1CCC(NC(=O)c2cncc(Br)c2)CC1. The number of aromatic nitrogens is 1. The first-order valence-corrected chi connectivity index (χ1v) is 7.06. The first kappa shape index (κ1) is 14.0. The topological polar surface area (TPSA) is 85.1 Å². The van der Waals surface area contributed by atoms with E-state index in [0.29, 0.717) is 5.56 Å². The molecule has 3 N–H and O–H groups in total. The molecule has 0 unspecified atom stereocenters. The van der Waals surface area contributed by atoms with Gasteiger partial charge in [0, 0.05) is 28.8 Å². The zero-order valence-electron chi connectivity index (χ0n) is 10.4. The summed E-state index contributed by atoms with van der Waals surface area (Å²) in [4.78, 5) is 27.0. The number of nitrogens with two attached hydrogens (primary N) is 1. The fourth-order valence-electron chi connectivity index (χ4n) is 2.33. The van der Waals surface area contributed by atoms with Crippen LogP contribution in [-0.4, -0.2) is 22.8 Å². The van der Waals surface area contributed by atoms with Gasteiger partial charge in [-0.3, -0.25) is 14.6 Å². The molecule has 2 amide bonds. The van der Waals surface area contributed by atoms with Crippen molar-refractivity contribution in [2.45, 2.75) is 31.7 Å². The molecular formula is C13H16BrN3O2. The third-order valence-electron chi connectivity index (χ3n) is 3.43. The van der Waals surface area contributed by atoms with Crippen molar-refractivity contribution in [3.05, 3.63) is 28.5 Å². The third kappa shape index (κ3) is 3.76. The van der Waals surface area contributed by atoms with Crippen LogP contribution in [0.3, 0.4) is 0 Å². The van der Waals surface area contributed by atoms with Crippen LogP contribution in [0.4, 0.5) is 0 Å². The molecular weight excluding hydrogens is 310 g/mol. The first-order valence-electron chi connectivity index (χ1n) is 6.27. The summed E-state index contributed by atoms with van der Waals surface area (Å²) in [6, 6.07) is 1.85. The molecule has 1 saturated carbocycles. The molecule has 102 valence electrons. The number of carbonyl (C=O) groups is 2. The highest BCUT2D eigenvalue weighted by atomic mass is 79.9. The van der Waals surface area contributed by atoms with Crippen LogP contribution in [0.2, 0.25) is 0 Å². The lowest BCUT2D eigenvalue weighted by Gasteiger charge is -2.27. The van der Waals surface area contributed by atoms with Crippen LogP contribution in [0.1, 0.15) is 36.0 Å². The van der Waals surface area contributed by atoms with E-state index in [-0.39, 0.29) is 23.8 Å². The van der Waals surface area contributed by atoms with Crippen molar-refractivity contribution in [1.82, 2.24) is 10.3 Å². The number of carbonyl (C=O) groups excluding carboxylic acids is 2. The molecule has 1 aromatic rings. The van der Waals surface area contributed by atoms with E-state index in [2.05, 4.69) is 26.2 Å². The number of halogens is 1. The molecule has 0 spiro atoms. The summed E-state index contributed by atoms with van der Waals surface area (Å²) in [7, 11) is 0. The molecule has 2 rings (SSSR count). The lowest BCUT2D eigenvalue weighted by molar-refractivity contribution is -0.122. The molecule has 0 saturated heterocycles. The minimum Gasteiger partial charge on any atom is -0.369 e. The molecule has 0 radical (unpaired) electrons. The molecule has 1 heterocycles. The summed E-state index contributed by atoms with van der Waals surface area (Å²) in [5, 5.41) is 2.97. The standard InChI is InChI=1S/C13H16BrN3O2/c14-10-5-9(6-16-7-10)13(19)17-11-3-1-8(2-4-11)12(15)18/h5-8,11H,1-4H2,(H2,15,18)(H,17,19). The van der Waals surface area contributed by atoms with Crippen LogP contribution < -0.4 is 11.1 Å². The maximum atomic E-state index is 12.0. The Hall–Kier alpha value is -1.43. The zero-order chi connectivity index (χ0) is 13.8. The highest BCUT2D eigenvalue weighted by Gasteiger charge is 2.25. The second-order valence-electron chi connectivity index (χ2n) is 4.82. The van der Waals surface area contributed by atoms with Crippen LogP contribution in [0.5, 0.6) is 0 Å². The van der Waals surface area contributed by atoms with Crippen LogP contribution in [-0.2, 0) is 4.79 Å². The fraction of sp³-hybridized carbons (Fsp3) is 0.462. The molecule has 0 aromatic carbocycles. The molecule has 0 atom stereocenters. The van der Waals surface area contributed by atoms with E-state index in [1.54, 1.807) is 12.3 Å². The second-order valence-corrected chi connectivity index (χ2v) is 5.73. The normalized spacial score (nSPS) is 22.8. The van der Waals surface area contributed by atoms with Crippen LogP contribution in [0.25, 0.3) is 0 Å². The van der Waals surface area contributed by atoms with E-state index in [4.69, 9.17) is 5.73 Å². The number of pyridine rings is 1. The van der Waals surface area contributed by atoms with Crippen molar-refractivity contribution in [3.8, 4) is 0 Å². The summed E-state index contributed by atoms with van der Waals surface area (Å²) in [6.45, 7) is 0. The van der Waals surface area contributed by atoms with Crippen LogP contribution in [0.15, 0.2) is 22.9 Å². The van der Waals surface area contributed by atoms with Crippen molar-refractivity contribution in [2.75, 3.05) is 0 Å². The molecule has 0 aliphatic heterocycles. The molecule has 5 nitrogen and oxygen atoms in total. The first-order chi connectivity index (χ1) is 9.06. The van der Waals surface area contributed by atoms with Gasteiger partial charge in [0.05, 0.1) is 5.56 Å². The summed E-state index contributed by atoms with van der Waals surface area (Å²) in [6.07, 6.45) is 6.25. The van der Waals surface area contributed by atoms with Crippen molar-refractivity contribution < 1.29 is 9.59 Å². The van der Waals surface area contributed by atoms with Crippen molar-refractivity contribution in [3.63, 3.8) is 0 Å². The fourth-order valence-corrected chi connectivity index (χ4v) is 2.69. The van der Waals surface area contributed by atoms with Crippen molar-refractivity contribution in [1.29, 1.82) is 0 Å². The Morgan fingerprint density at radius 2 is 1.95 bits per heavy atom. The molecule has 1 aliphatic rings. The molecule has 0 bridgehead atoms. The third-order valence-corrected chi connectivity index (χ3v) is 3.87. The summed E-state index contributed by atoms with van der Waals surface area (Å²) in [5.74, 6) is -0.405. The average Bonchev–Trinajstić information content (AvgIpc) is 2.39. The number of primary amides is 1. The van der Waals surface area contributed by atoms with E-state index in [0.717, 1.165) is 30.2 Å². The zero-order valence-corrected chi connectivity index (χ0v) is 12.0. The van der Waals surface area contributed by atoms with E-state index in [9.17, 15) is 9.59 Å². The van der Waals surface area contributed by atoms with Gasteiger partial charge in [-0.15, -0.1) is 0 Å². The quantitative estimate of drug-likeness (QED) is 0.885. The van der Waals surface area contributed by atoms with E-state index >= 15 is 0 Å². The van der Waals surface area contributed by atoms with Gasteiger partial charge in [0.15, 0.2) is 0 Å². The number of nitrogens with one attached hydrogen (secondary N) is 1. The van der Waals surface area contributed by atoms with Gasteiger partial charge in [-0.2, -0.15) is 0 Å². The van der Waals surface area contributed by atoms with Gasteiger partial charge < -0.3 is 11.1 Å². The molecule has 6 heteroatoms. The number of hydrogen-bond donors (Lipinski definition) is 2. The van der Waals surface area contributed by atoms with E-state index in [1.165, 1.54) is 6.20 Å². The Bertz CT molecular complexity index is 485. The Morgan fingerprint density at radius 3 is 2.53 bits per heavy atom. The Balaban J connectivity index is 1.89. The van der Waals surface area contributed by atoms with Gasteiger partial charge in [-0.1, -0.05) is 0 Å². The molecule has 1 aliphatic carbocycles. The predicted molar refractivity (Wildman–Crippen MR) is 74.3 cm³/mol. The number of amides is 2. The number of rotatable bonds is 3. The lowest BCUT2D eigenvalue weighted by Crippen LogP contribution is -2.39. The summed E-state index contributed by atoms with van der Waals surface area (Å²) >= 11 is 3.29. The lowest BCUT2D eigenvalue weighted by atomic mass is 9.85. The van der Waals surface area contributed by atoms with Crippen molar-refractivity contribution >= 4 is 27.7 Å². The Labute approximate surface area is 120 Å². The van der Waals surface area contributed by atoms with Gasteiger partial charge in [-0.25, -0.2) is 0 Å². The Morgan fingerprint density at radius 1 is 1.26 bits per heavy atom. The second kappa shape index (κ2) is 6.14. The average molecular weight is 326 g/mol. The van der Waals surface area contributed by atoms with Crippen molar-refractivity contribution in [2.24, 2.45) is 11.7 Å². The minimum absolute atomic E-state index is 0.0410. The van der Waals surface area contributed by atoms with E-state index < -0.39 is 0 Å². The Kier molecular flexibility index (Phi) is 4.52. The minimum atomic E-state index is -0.235. The van der Waals surface area contributed by atoms with Gasteiger partial charge in [0.2, 0.25) is 5.91 Å². The maximum Gasteiger partial charge on any atom is 0.253 e.